The molecule has 8 heteroatoms. The highest BCUT2D eigenvalue weighted by atomic mass is 16.1. The van der Waals surface area contributed by atoms with E-state index < -0.39 is 11.1 Å². The van der Waals surface area contributed by atoms with Crippen LogP contribution in [-0.4, -0.2) is 47.5 Å². The van der Waals surface area contributed by atoms with Gasteiger partial charge in [0, 0.05) is 0 Å². The van der Waals surface area contributed by atoms with Crippen LogP contribution in [0.5, 0.6) is 0 Å². The Morgan fingerprint density at radius 3 is 1.95 bits per heavy atom. The van der Waals surface area contributed by atoms with E-state index in [2.05, 4.69) is 47.7 Å². The number of isocyanates is 4. The third kappa shape index (κ3) is 5.61. The molecule has 11 unspecified atom stereocenters. The fourth-order valence-electron chi connectivity index (χ4n) is 9.04. The van der Waals surface area contributed by atoms with Gasteiger partial charge >= 0.3 is 0 Å². The second-order valence-electron chi connectivity index (χ2n) is 13.6. The van der Waals surface area contributed by atoms with E-state index in [4.69, 9.17) is 0 Å². The van der Waals surface area contributed by atoms with Crippen molar-refractivity contribution in [2.45, 2.75) is 117 Å². The highest BCUT2D eigenvalue weighted by Gasteiger charge is 2.61. The van der Waals surface area contributed by atoms with Crippen LogP contribution in [0.2, 0.25) is 0 Å². The summed E-state index contributed by atoms with van der Waals surface area (Å²) >= 11 is 0. The SMILES string of the molecule is CC1CC(C2(C3CC(C)(N=C=O)CCC3C(C)(C)N=C=O)CC(C)C(N=C=O)CC2C)C(C)CC1N=C=O. The number of aliphatic imine (C=N–C) groups is 4. The van der Waals surface area contributed by atoms with Gasteiger partial charge in [0.1, 0.15) is 0 Å². The maximum absolute atomic E-state index is 11.5. The Balaban J connectivity index is 2.23. The monoisotopic (exact) mass is 524 g/mol. The van der Waals surface area contributed by atoms with Crippen molar-refractivity contribution in [1.82, 2.24) is 0 Å². The molecule has 0 heterocycles. The quantitative estimate of drug-likeness (QED) is 0.311. The summed E-state index contributed by atoms with van der Waals surface area (Å²) in [6.45, 7) is 15.0. The molecule has 0 N–H and O–H groups in total. The Bertz CT molecular complexity index is 1070. The Morgan fingerprint density at radius 2 is 1.37 bits per heavy atom. The first-order chi connectivity index (χ1) is 17.9. The molecule has 0 spiro atoms. The minimum atomic E-state index is -0.625. The number of nitrogens with zero attached hydrogens (tertiary/aromatic N) is 4. The lowest BCUT2D eigenvalue weighted by atomic mass is 9.42. The molecule has 0 aromatic heterocycles. The van der Waals surface area contributed by atoms with Crippen molar-refractivity contribution in [3.63, 3.8) is 0 Å². The zero-order chi connectivity index (χ0) is 28.3. The van der Waals surface area contributed by atoms with Crippen molar-refractivity contribution in [1.29, 1.82) is 0 Å². The highest BCUT2D eigenvalue weighted by molar-refractivity contribution is 5.36. The van der Waals surface area contributed by atoms with Gasteiger partial charge in [0.2, 0.25) is 24.3 Å². The third-order valence-electron chi connectivity index (χ3n) is 10.9. The van der Waals surface area contributed by atoms with Crippen molar-refractivity contribution >= 4 is 24.3 Å². The molecular weight excluding hydrogens is 480 g/mol. The molecule has 208 valence electrons. The van der Waals surface area contributed by atoms with Crippen LogP contribution in [0, 0.1) is 46.8 Å². The fraction of sp³-hybridized carbons (Fsp3) is 0.867. The van der Waals surface area contributed by atoms with E-state index in [-0.39, 0.29) is 47.1 Å². The van der Waals surface area contributed by atoms with Gasteiger partial charge in [-0.05, 0) is 113 Å². The van der Waals surface area contributed by atoms with Gasteiger partial charge in [-0.1, -0.05) is 27.7 Å². The van der Waals surface area contributed by atoms with E-state index in [0.29, 0.717) is 18.3 Å². The van der Waals surface area contributed by atoms with Crippen molar-refractivity contribution in [3.8, 4) is 0 Å². The molecule has 8 nitrogen and oxygen atoms in total. The second-order valence-corrected chi connectivity index (χ2v) is 13.6. The van der Waals surface area contributed by atoms with E-state index in [9.17, 15) is 19.2 Å². The molecule has 11 atom stereocenters. The number of rotatable bonds is 7. The summed E-state index contributed by atoms with van der Waals surface area (Å²) < 4.78 is 0. The van der Waals surface area contributed by atoms with Gasteiger partial charge in [-0.15, -0.1) is 0 Å². The highest BCUT2D eigenvalue weighted by Crippen LogP contribution is 2.65. The van der Waals surface area contributed by atoms with E-state index in [1.54, 1.807) is 12.2 Å². The molecule has 0 amide bonds. The summed E-state index contributed by atoms with van der Waals surface area (Å²) in [5, 5.41) is 0. The molecule has 3 saturated carbocycles. The molecule has 0 aromatic carbocycles. The largest absolute Gasteiger partial charge is 0.235 e. The van der Waals surface area contributed by atoms with Crippen LogP contribution in [0.4, 0.5) is 0 Å². The molecule has 3 aliphatic rings. The summed E-state index contributed by atoms with van der Waals surface area (Å²) in [4.78, 5) is 62.4. The first-order valence-electron chi connectivity index (χ1n) is 14.2. The van der Waals surface area contributed by atoms with Gasteiger partial charge in [0.15, 0.2) is 0 Å². The smallest absolute Gasteiger partial charge is 0.211 e. The first-order valence-corrected chi connectivity index (χ1v) is 14.2. The van der Waals surface area contributed by atoms with E-state index in [1.807, 2.05) is 32.9 Å². The lowest BCUT2D eigenvalue weighted by Crippen LogP contribution is -2.60. The number of carbonyl (C=O) groups excluding carboxylic acids is 4. The van der Waals surface area contributed by atoms with Gasteiger partial charge < -0.3 is 0 Å². The Kier molecular flexibility index (Phi) is 9.28. The Hall–Kier alpha value is -2.48. The van der Waals surface area contributed by atoms with Crippen LogP contribution in [0.3, 0.4) is 0 Å². The zero-order valence-electron chi connectivity index (χ0n) is 24.1. The third-order valence-corrected chi connectivity index (χ3v) is 10.9. The standard InChI is InChI=1S/C30H44N4O4/c1-19-11-26(31-15-35)20(2)10-24(19)30(13-21(3)27(32-16-36)12-22(30)4)25-14-29(7,34-18-38)9-8-23(25)28(5,6)33-17-37/h19-27H,8-14H2,1-7H3. The topological polar surface area (TPSA) is 118 Å². The van der Waals surface area contributed by atoms with Crippen molar-refractivity contribution in [3.05, 3.63) is 0 Å². The van der Waals surface area contributed by atoms with Crippen LogP contribution >= 0.6 is 0 Å². The van der Waals surface area contributed by atoms with Crippen molar-refractivity contribution < 1.29 is 19.2 Å². The van der Waals surface area contributed by atoms with Gasteiger partial charge in [0.25, 0.3) is 0 Å². The van der Waals surface area contributed by atoms with Gasteiger partial charge in [-0.2, -0.15) is 9.98 Å². The van der Waals surface area contributed by atoms with E-state index >= 15 is 0 Å². The van der Waals surface area contributed by atoms with Crippen LogP contribution in [-0.2, 0) is 19.2 Å². The summed E-state index contributed by atoms with van der Waals surface area (Å²) in [5.41, 5.74) is -1.33. The van der Waals surface area contributed by atoms with Crippen molar-refractivity contribution in [2.24, 2.45) is 66.8 Å². The summed E-state index contributed by atoms with van der Waals surface area (Å²) in [6, 6.07) is -0.121. The maximum Gasteiger partial charge on any atom is 0.235 e. The average molecular weight is 525 g/mol. The lowest BCUT2D eigenvalue weighted by Gasteiger charge is -2.63. The molecule has 0 aliphatic heterocycles. The average Bonchev–Trinajstić information content (AvgIpc) is 2.83. The number of hydrogen-bond acceptors (Lipinski definition) is 8. The molecule has 3 rings (SSSR count). The van der Waals surface area contributed by atoms with Crippen molar-refractivity contribution in [2.75, 3.05) is 0 Å². The molecule has 0 bridgehead atoms. The molecule has 3 fully saturated rings. The van der Waals surface area contributed by atoms with Gasteiger partial charge in [0.05, 0.1) is 23.2 Å². The molecule has 3 aliphatic carbocycles. The van der Waals surface area contributed by atoms with Crippen LogP contribution in [0.1, 0.15) is 93.4 Å². The van der Waals surface area contributed by atoms with E-state index in [0.717, 1.165) is 38.5 Å². The minimum absolute atomic E-state index is 0.0391. The number of hydrogen-bond donors (Lipinski definition) is 0. The summed E-state index contributed by atoms with van der Waals surface area (Å²) in [7, 11) is 0. The zero-order valence-corrected chi connectivity index (χ0v) is 24.1. The molecule has 0 saturated heterocycles. The lowest BCUT2D eigenvalue weighted by molar-refractivity contribution is -0.134. The van der Waals surface area contributed by atoms with Gasteiger partial charge in [-0.3, -0.25) is 0 Å². The normalized spacial score (nSPS) is 43.4. The first kappa shape index (κ1) is 30.1. The van der Waals surface area contributed by atoms with Crippen LogP contribution in [0.25, 0.3) is 0 Å². The van der Waals surface area contributed by atoms with Gasteiger partial charge in [-0.25, -0.2) is 29.2 Å². The second kappa shape index (κ2) is 11.7. The van der Waals surface area contributed by atoms with Crippen LogP contribution in [0.15, 0.2) is 20.0 Å². The summed E-state index contributed by atoms with van der Waals surface area (Å²) in [6.07, 6.45) is 12.9. The maximum atomic E-state index is 11.5. The molecule has 38 heavy (non-hydrogen) atoms. The van der Waals surface area contributed by atoms with E-state index in [1.165, 1.54) is 0 Å². The fourth-order valence-corrected chi connectivity index (χ4v) is 9.04. The Labute approximate surface area is 227 Å². The summed E-state index contributed by atoms with van der Waals surface area (Å²) in [5.74, 6) is 1.45. The molecular formula is C30H44N4O4. The predicted molar refractivity (Wildman–Crippen MR) is 144 cm³/mol. The minimum Gasteiger partial charge on any atom is -0.211 e. The predicted octanol–water partition coefficient (Wildman–Crippen LogP) is 5.76. The molecule has 0 aromatic rings. The molecule has 0 radical (unpaired) electrons. The Morgan fingerprint density at radius 1 is 0.737 bits per heavy atom. The van der Waals surface area contributed by atoms with Crippen LogP contribution < -0.4 is 0 Å².